The molecule has 2 aromatic heterocycles. The molecule has 2 heterocycles. The van der Waals surface area contributed by atoms with Gasteiger partial charge in [-0.05, 0) is 24.3 Å². The lowest BCUT2D eigenvalue weighted by molar-refractivity contribution is -0.107. The van der Waals surface area contributed by atoms with Crippen molar-refractivity contribution < 1.29 is 9.59 Å². The van der Waals surface area contributed by atoms with Crippen LogP contribution in [0, 0.1) is 11.3 Å². The number of carbonyl (C=O) groups excluding carboxylic acids is 2. The van der Waals surface area contributed by atoms with Crippen molar-refractivity contribution in [3.8, 4) is 6.07 Å². The summed E-state index contributed by atoms with van der Waals surface area (Å²) in [5, 5.41) is 12.2. The van der Waals surface area contributed by atoms with E-state index in [9.17, 15) is 9.59 Å². The van der Waals surface area contributed by atoms with Crippen molar-refractivity contribution in [1.82, 2.24) is 15.4 Å². The minimum Gasteiger partial charge on any atom is -0.306 e. The zero-order valence-electron chi connectivity index (χ0n) is 10.7. The fourth-order valence-electron chi connectivity index (χ4n) is 1.49. The zero-order chi connectivity index (χ0) is 15.1. The molecule has 0 aromatic carbocycles. The average Bonchev–Trinajstić information content (AvgIpc) is 2.53. The van der Waals surface area contributed by atoms with Crippen molar-refractivity contribution in [2.75, 3.05) is 10.3 Å². The average molecular weight is 282 g/mol. The van der Waals surface area contributed by atoms with Crippen LogP contribution in [0.25, 0.3) is 0 Å². The van der Waals surface area contributed by atoms with Gasteiger partial charge in [-0.2, -0.15) is 5.26 Å². The molecule has 0 aliphatic heterocycles. The maximum Gasteiger partial charge on any atom is 0.338 e. The maximum atomic E-state index is 11.8. The second-order valence-electron chi connectivity index (χ2n) is 3.79. The Morgan fingerprint density at radius 2 is 2.05 bits per heavy atom. The lowest BCUT2D eigenvalue weighted by atomic mass is 10.3. The van der Waals surface area contributed by atoms with Crippen molar-refractivity contribution in [3.05, 3.63) is 48.5 Å². The van der Waals surface area contributed by atoms with Gasteiger partial charge in [0.25, 0.3) is 0 Å². The van der Waals surface area contributed by atoms with Crippen molar-refractivity contribution in [3.63, 3.8) is 0 Å². The predicted molar refractivity (Wildman–Crippen MR) is 73.9 cm³/mol. The number of hydrogen-bond donors (Lipinski definition) is 2. The molecule has 8 heteroatoms. The molecule has 0 saturated heterocycles. The molecule has 0 unspecified atom stereocenters. The van der Waals surface area contributed by atoms with Crippen LogP contribution in [0.2, 0.25) is 0 Å². The van der Waals surface area contributed by atoms with E-state index >= 15 is 0 Å². The van der Waals surface area contributed by atoms with Gasteiger partial charge in [0.05, 0.1) is 5.69 Å². The molecule has 21 heavy (non-hydrogen) atoms. The van der Waals surface area contributed by atoms with E-state index in [0.29, 0.717) is 17.8 Å². The van der Waals surface area contributed by atoms with E-state index in [4.69, 9.17) is 5.26 Å². The van der Waals surface area contributed by atoms with Gasteiger partial charge < -0.3 is 5.32 Å². The van der Waals surface area contributed by atoms with Gasteiger partial charge >= 0.3 is 6.03 Å². The van der Waals surface area contributed by atoms with Gasteiger partial charge in [-0.3, -0.25) is 9.78 Å². The molecule has 0 fully saturated rings. The fraction of sp³-hybridized carbons (Fsp3) is 0. The minimum absolute atomic E-state index is 0.175. The quantitative estimate of drug-likeness (QED) is 0.643. The second-order valence-corrected chi connectivity index (χ2v) is 3.79. The Labute approximate surface area is 120 Å². The molecule has 0 aliphatic carbocycles. The van der Waals surface area contributed by atoms with Crippen LogP contribution in [-0.2, 0) is 4.79 Å². The molecule has 2 N–H and O–H groups in total. The Morgan fingerprint density at radius 1 is 1.29 bits per heavy atom. The molecule has 0 radical (unpaired) electrons. The van der Waals surface area contributed by atoms with E-state index in [0.717, 1.165) is 5.01 Å². The molecule has 0 spiro atoms. The summed E-state index contributed by atoms with van der Waals surface area (Å²) in [6, 6.07) is 7.30. The van der Waals surface area contributed by atoms with Crippen LogP contribution in [0.15, 0.2) is 42.9 Å². The number of urea groups is 1. The third-order valence-corrected chi connectivity index (χ3v) is 2.40. The van der Waals surface area contributed by atoms with E-state index < -0.39 is 6.03 Å². The molecule has 104 valence electrons. The van der Waals surface area contributed by atoms with Crippen LogP contribution in [0.5, 0.6) is 0 Å². The Kier molecular flexibility index (Phi) is 4.40. The molecular weight excluding hydrogens is 272 g/mol. The Bertz CT molecular complexity index is 683. The number of nitriles is 1. The third-order valence-electron chi connectivity index (χ3n) is 2.40. The molecule has 8 nitrogen and oxygen atoms in total. The molecule has 0 bridgehead atoms. The summed E-state index contributed by atoms with van der Waals surface area (Å²) in [7, 11) is 0. The number of nitrogens with one attached hydrogen (secondary N) is 2. The van der Waals surface area contributed by atoms with Gasteiger partial charge in [-0.1, -0.05) is 0 Å². The zero-order valence-corrected chi connectivity index (χ0v) is 10.7. The molecule has 0 aliphatic rings. The number of amides is 3. The third kappa shape index (κ3) is 3.74. The van der Waals surface area contributed by atoms with E-state index in [2.05, 4.69) is 20.7 Å². The predicted octanol–water partition coefficient (Wildman–Crippen LogP) is 1.05. The monoisotopic (exact) mass is 282 g/mol. The van der Waals surface area contributed by atoms with Crippen molar-refractivity contribution in [2.45, 2.75) is 0 Å². The normalized spacial score (nSPS) is 9.29. The number of aromatic nitrogens is 2. The SMILES string of the molecule is N#Cc1cc(NC(=O)NN(C=O)c2ccncc2)ccn1. The first-order chi connectivity index (χ1) is 10.2. The van der Waals surface area contributed by atoms with Gasteiger partial charge in [-0.15, -0.1) is 0 Å². The molecule has 3 amide bonds. The Balaban J connectivity index is 2.03. The van der Waals surface area contributed by atoms with Crippen LogP contribution < -0.4 is 15.8 Å². The van der Waals surface area contributed by atoms with Crippen molar-refractivity contribution in [1.29, 1.82) is 5.26 Å². The van der Waals surface area contributed by atoms with E-state index in [-0.39, 0.29) is 5.69 Å². The van der Waals surface area contributed by atoms with E-state index in [1.165, 1.54) is 30.7 Å². The highest BCUT2D eigenvalue weighted by Crippen LogP contribution is 2.09. The molecule has 2 rings (SSSR count). The standard InChI is InChI=1S/C13H10N6O2/c14-8-11-7-10(1-6-16-11)17-13(21)18-19(9-20)12-2-4-15-5-3-12/h1-7,9H,(H2,16,17,18,21). The minimum atomic E-state index is -0.631. The molecular formula is C13H10N6O2. The highest BCUT2D eigenvalue weighted by molar-refractivity contribution is 5.93. The number of nitrogens with zero attached hydrogens (tertiary/aromatic N) is 4. The summed E-state index contributed by atoms with van der Waals surface area (Å²) in [4.78, 5) is 30.4. The van der Waals surface area contributed by atoms with Gasteiger partial charge in [0.1, 0.15) is 11.8 Å². The number of pyridine rings is 2. The summed E-state index contributed by atoms with van der Waals surface area (Å²) < 4.78 is 0. The molecule has 2 aromatic rings. The van der Waals surface area contributed by atoms with Gasteiger partial charge in [0.15, 0.2) is 0 Å². The van der Waals surface area contributed by atoms with E-state index in [1.807, 2.05) is 6.07 Å². The largest absolute Gasteiger partial charge is 0.338 e. The number of hydrogen-bond acceptors (Lipinski definition) is 5. The van der Waals surface area contributed by atoms with Crippen molar-refractivity contribution in [2.24, 2.45) is 0 Å². The van der Waals surface area contributed by atoms with Gasteiger partial charge in [0.2, 0.25) is 6.41 Å². The first kappa shape index (κ1) is 14.0. The number of rotatable bonds is 4. The maximum absolute atomic E-state index is 11.8. The van der Waals surface area contributed by atoms with Gasteiger partial charge in [-0.25, -0.2) is 20.2 Å². The Morgan fingerprint density at radius 3 is 2.71 bits per heavy atom. The summed E-state index contributed by atoms with van der Waals surface area (Å²) in [6.45, 7) is 0. The first-order valence-corrected chi connectivity index (χ1v) is 5.81. The number of carbonyl (C=O) groups is 2. The molecule has 0 saturated carbocycles. The lowest BCUT2D eigenvalue weighted by Gasteiger charge is -2.18. The van der Waals surface area contributed by atoms with Crippen LogP contribution in [0.1, 0.15) is 5.69 Å². The van der Waals surface area contributed by atoms with Crippen LogP contribution in [0.3, 0.4) is 0 Å². The highest BCUT2D eigenvalue weighted by Gasteiger charge is 2.09. The van der Waals surface area contributed by atoms with Crippen LogP contribution in [0.4, 0.5) is 16.2 Å². The van der Waals surface area contributed by atoms with Crippen LogP contribution >= 0.6 is 0 Å². The highest BCUT2D eigenvalue weighted by atomic mass is 16.2. The number of anilines is 2. The van der Waals surface area contributed by atoms with E-state index in [1.54, 1.807) is 12.1 Å². The summed E-state index contributed by atoms with van der Waals surface area (Å²) in [5.41, 5.74) is 3.38. The Hall–Kier alpha value is -3.47. The second kappa shape index (κ2) is 6.63. The topological polar surface area (TPSA) is 111 Å². The lowest BCUT2D eigenvalue weighted by Crippen LogP contribution is -2.43. The number of hydrazine groups is 1. The first-order valence-electron chi connectivity index (χ1n) is 5.81. The summed E-state index contributed by atoms with van der Waals surface area (Å²) in [6.07, 6.45) is 4.84. The molecule has 0 atom stereocenters. The summed E-state index contributed by atoms with van der Waals surface area (Å²) >= 11 is 0. The smallest absolute Gasteiger partial charge is 0.306 e. The van der Waals surface area contributed by atoms with Crippen LogP contribution in [-0.4, -0.2) is 22.4 Å². The van der Waals surface area contributed by atoms with Crippen molar-refractivity contribution >= 4 is 23.8 Å². The summed E-state index contributed by atoms with van der Waals surface area (Å²) in [5.74, 6) is 0. The van der Waals surface area contributed by atoms with Gasteiger partial charge in [0, 0.05) is 24.3 Å². The fourth-order valence-corrected chi connectivity index (χ4v) is 1.49.